The number of phenols is 1. The number of phenolic OH excluding ortho intramolecular Hbond substituents is 1. The number of piperidine rings is 1. The van der Waals surface area contributed by atoms with Crippen LogP contribution in [0.2, 0.25) is 0 Å². The maximum atomic E-state index is 13.9. The standard InChI is InChI=1S/C28H33N3O2/c1-29-18-14-28(15-19-29)20-31(17-5-16-30(28)2)27(33)26-9-4-7-24-23(6-3-8-25(24)26)21-10-12-22(32)13-11-21/h3-4,6-13,32H,5,14-20H2,1-2H3. The Kier molecular flexibility index (Phi) is 5.85. The number of likely N-dealkylation sites (tertiary alicyclic amines) is 1. The van der Waals surface area contributed by atoms with Crippen molar-refractivity contribution >= 4 is 16.7 Å². The fourth-order valence-electron chi connectivity index (χ4n) is 5.60. The number of carbonyl (C=O) groups excluding carboxylic acids is 1. The highest BCUT2D eigenvalue weighted by Crippen LogP contribution is 2.34. The first kappa shape index (κ1) is 21.9. The van der Waals surface area contributed by atoms with Crippen molar-refractivity contribution < 1.29 is 9.90 Å². The molecule has 0 unspecified atom stereocenters. The van der Waals surface area contributed by atoms with E-state index in [1.807, 2.05) is 30.3 Å². The molecular formula is C28H33N3O2. The molecule has 2 heterocycles. The van der Waals surface area contributed by atoms with E-state index in [-0.39, 0.29) is 17.2 Å². The summed E-state index contributed by atoms with van der Waals surface area (Å²) < 4.78 is 0. The second-order valence-electron chi connectivity index (χ2n) is 9.78. The van der Waals surface area contributed by atoms with Gasteiger partial charge in [0.15, 0.2) is 0 Å². The van der Waals surface area contributed by atoms with Gasteiger partial charge < -0.3 is 14.9 Å². The number of hydrogen-bond donors (Lipinski definition) is 1. The molecule has 1 spiro atoms. The minimum absolute atomic E-state index is 0.0699. The number of likely N-dealkylation sites (N-methyl/N-ethyl adjacent to an activating group) is 1. The van der Waals surface area contributed by atoms with Gasteiger partial charge in [0.2, 0.25) is 0 Å². The number of aromatic hydroxyl groups is 1. The molecule has 5 rings (SSSR count). The molecule has 2 fully saturated rings. The summed E-state index contributed by atoms with van der Waals surface area (Å²) in [5.41, 5.74) is 2.95. The third-order valence-electron chi connectivity index (χ3n) is 7.75. The predicted molar refractivity (Wildman–Crippen MR) is 134 cm³/mol. The maximum Gasteiger partial charge on any atom is 0.254 e. The van der Waals surface area contributed by atoms with Crippen LogP contribution in [0.25, 0.3) is 21.9 Å². The Morgan fingerprint density at radius 3 is 2.30 bits per heavy atom. The van der Waals surface area contributed by atoms with Crippen LogP contribution in [0.15, 0.2) is 60.7 Å². The summed E-state index contributed by atoms with van der Waals surface area (Å²) in [6, 6.07) is 19.5. The Morgan fingerprint density at radius 1 is 0.848 bits per heavy atom. The molecule has 0 bridgehead atoms. The number of fused-ring (bicyclic) bond motifs is 1. The zero-order chi connectivity index (χ0) is 23.0. The van der Waals surface area contributed by atoms with Crippen LogP contribution >= 0.6 is 0 Å². The molecule has 0 radical (unpaired) electrons. The molecular weight excluding hydrogens is 410 g/mol. The summed E-state index contributed by atoms with van der Waals surface area (Å²) in [7, 11) is 4.43. The smallest absolute Gasteiger partial charge is 0.254 e. The van der Waals surface area contributed by atoms with Gasteiger partial charge in [-0.2, -0.15) is 0 Å². The predicted octanol–water partition coefficient (Wildman–Crippen LogP) is 4.45. The van der Waals surface area contributed by atoms with Gasteiger partial charge in [0.05, 0.1) is 0 Å². The number of carbonyl (C=O) groups is 1. The van der Waals surface area contributed by atoms with Crippen molar-refractivity contribution in [2.24, 2.45) is 0 Å². The van der Waals surface area contributed by atoms with Gasteiger partial charge in [-0.05, 0) is 86.5 Å². The lowest BCUT2D eigenvalue weighted by Crippen LogP contribution is -2.58. The number of amides is 1. The minimum Gasteiger partial charge on any atom is -0.508 e. The third kappa shape index (κ3) is 4.11. The third-order valence-corrected chi connectivity index (χ3v) is 7.75. The van der Waals surface area contributed by atoms with Crippen LogP contribution in [0.4, 0.5) is 0 Å². The van der Waals surface area contributed by atoms with Gasteiger partial charge in [0.1, 0.15) is 5.75 Å². The molecule has 0 aliphatic carbocycles. The highest BCUT2D eigenvalue weighted by Gasteiger charge is 2.41. The van der Waals surface area contributed by atoms with Gasteiger partial charge in [-0.3, -0.25) is 9.69 Å². The molecule has 0 aromatic heterocycles. The largest absolute Gasteiger partial charge is 0.508 e. The highest BCUT2D eigenvalue weighted by molar-refractivity contribution is 6.10. The first-order chi connectivity index (χ1) is 16.0. The van der Waals surface area contributed by atoms with E-state index in [0.717, 1.165) is 79.4 Å². The molecule has 0 atom stereocenters. The first-order valence-corrected chi connectivity index (χ1v) is 12.0. The molecule has 3 aromatic rings. The molecule has 2 aliphatic rings. The van der Waals surface area contributed by atoms with Crippen molar-refractivity contribution in [3.8, 4) is 16.9 Å². The Bertz CT molecular complexity index is 1150. The van der Waals surface area contributed by atoms with Gasteiger partial charge in [-0.25, -0.2) is 0 Å². The summed E-state index contributed by atoms with van der Waals surface area (Å²) in [5.74, 6) is 0.390. The van der Waals surface area contributed by atoms with Gasteiger partial charge in [0, 0.05) is 30.7 Å². The Morgan fingerprint density at radius 2 is 1.55 bits per heavy atom. The lowest BCUT2D eigenvalue weighted by molar-refractivity contribution is 0.0317. The quantitative estimate of drug-likeness (QED) is 0.636. The highest BCUT2D eigenvalue weighted by atomic mass is 16.3. The summed E-state index contributed by atoms with van der Waals surface area (Å²) in [5, 5.41) is 11.7. The fraction of sp³-hybridized carbons (Fsp3) is 0.393. The first-order valence-electron chi connectivity index (χ1n) is 12.0. The fourth-order valence-corrected chi connectivity index (χ4v) is 5.60. The summed E-state index contributed by atoms with van der Waals surface area (Å²) in [4.78, 5) is 20.9. The summed E-state index contributed by atoms with van der Waals surface area (Å²) in [6.45, 7) is 4.79. The molecule has 5 nitrogen and oxygen atoms in total. The van der Waals surface area contributed by atoms with E-state index in [1.54, 1.807) is 12.1 Å². The van der Waals surface area contributed by atoms with E-state index >= 15 is 0 Å². The second kappa shape index (κ2) is 8.81. The van der Waals surface area contributed by atoms with E-state index in [9.17, 15) is 9.90 Å². The van der Waals surface area contributed by atoms with E-state index in [0.29, 0.717) is 0 Å². The van der Waals surface area contributed by atoms with Gasteiger partial charge in [-0.15, -0.1) is 0 Å². The van der Waals surface area contributed by atoms with Crippen LogP contribution in [0.3, 0.4) is 0 Å². The average Bonchev–Trinajstić information content (AvgIpc) is 2.99. The minimum atomic E-state index is 0.0699. The second-order valence-corrected chi connectivity index (χ2v) is 9.78. The molecule has 5 heteroatoms. The van der Waals surface area contributed by atoms with Crippen LogP contribution in [0.5, 0.6) is 5.75 Å². The molecule has 2 aliphatic heterocycles. The number of rotatable bonds is 2. The van der Waals surface area contributed by atoms with Gasteiger partial charge in [0.25, 0.3) is 5.91 Å². The Hall–Kier alpha value is -2.89. The monoisotopic (exact) mass is 443 g/mol. The topological polar surface area (TPSA) is 47.0 Å². The Labute approximate surface area is 196 Å². The molecule has 1 N–H and O–H groups in total. The molecule has 172 valence electrons. The lowest BCUT2D eigenvalue weighted by Gasteiger charge is -2.47. The van der Waals surface area contributed by atoms with Crippen LogP contribution in [-0.2, 0) is 0 Å². The summed E-state index contributed by atoms with van der Waals surface area (Å²) >= 11 is 0. The molecule has 3 aromatic carbocycles. The van der Waals surface area contributed by atoms with Crippen molar-refractivity contribution in [2.75, 3.05) is 46.8 Å². The zero-order valence-electron chi connectivity index (χ0n) is 19.6. The Balaban J connectivity index is 1.50. The molecule has 1 amide bonds. The normalized spacial score (nSPS) is 19.6. The summed E-state index contributed by atoms with van der Waals surface area (Å²) in [6.07, 6.45) is 3.21. The maximum absolute atomic E-state index is 13.9. The van der Waals surface area contributed by atoms with E-state index in [4.69, 9.17) is 0 Å². The van der Waals surface area contributed by atoms with Crippen molar-refractivity contribution in [1.29, 1.82) is 0 Å². The molecule has 0 saturated carbocycles. The SMILES string of the molecule is CN1CCC2(CC1)CN(C(=O)c1cccc3c(-c4ccc(O)cc4)cccc13)CCCN2C. The zero-order valence-corrected chi connectivity index (χ0v) is 19.6. The molecule has 2 saturated heterocycles. The van der Waals surface area contributed by atoms with Gasteiger partial charge in [-0.1, -0.05) is 42.5 Å². The van der Waals surface area contributed by atoms with Gasteiger partial charge >= 0.3 is 0 Å². The van der Waals surface area contributed by atoms with Crippen molar-refractivity contribution in [2.45, 2.75) is 24.8 Å². The average molecular weight is 444 g/mol. The molecule has 33 heavy (non-hydrogen) atoms. The van der Waals surface area contributed by atoms with Crippen LogP contribution < -0.4 is 0 Å². The van der Waals surface area contributed by atoms with E-state index < -0.39 is 0 Å². The van der Waals surface area contributed by atoms with Crippen molar-refractivity contribution in [1.82, 2.24) is 14.7 Å². The van der Waals surface area contributed by atoms with Crippen molar-refractivity contribution in [3.05, 3.63) is 66.2 Å². The van der Waals surface area contributed by atoms with Crippen LogP contribution in [0, 0.1) is 0 Å². The van der Waals surface area contributed by atoms with Crippen LogP contribution in [0.1, 0.15) is 29.6 Å². The van der Waals surface area contributed by atoms with Crippen molar-refractivity contribution in [3.63, 3.8) is 0 Å². The number of nitrogens with zero attached hydrogens (tertiary/aromatic N) is 3. The van der Waals surface area contributed by atoms with E-state index in [2.05, 4.69) is 47.0 Å². The van der Waals surface area contributed by atoms with Crippen LogP contribution in [-0.4, -0.2) is 78.1 Å². The van der Waals surface area contributed by atoms with E-state index in [1.165, 1.54) is 0 Å². The number of hydrogen-bond acceptors (Lipinski definition) is 4. The number of benzene rings is 3. The lowest BCUT2D eigenvalue weighted by atomic mass is 9.85.